The zero-order chi connectivity index (χ0) is 37.8. The first kappa shape index (κ1) is 38.7. The summed E-state index contributed by atoms with van der Waals surface area (Å²) in [5.41, 5.74) is 3.57. The fourth-order valence-corrected chi connectivity index (χ4v) is 5.72. The monoisotopic (exact) mass is 736 g/mol. The number of nitrogens with one attached hydrogen (secondary N) is 1. The van der Waals surface area contributed by atoms with E-state index in [1.807, 2.05) is 30.3 Å². The van der Waals surface area contributed by atoms with Gasteiger partial charge in [0.1, 0.15) is 19.0 Å². The topological polar surface area (TPSA) is 218 Å². The molecule has 0 radical (unpaired) electrons. The lowest BCUT2D eigenvalue weighted by Crippen LogP contribution is -2.31. The van der Waals surface area contributed by atoms with Crippen molar-refractivity contribution in [1.29, 1.82) is 0 Å². The number of carbonyl (C=O) groups excluding carboxylic acids is 2. The maximum Gasteiger partial charge on any atom is 0.410 e. The van der Waals surface area contributed by atoms with Gasteiger partial charge < -0.3 is 24.8 Å². The first-order valence-corrected chi connectivity index (χ1v) is 17.5. The SMILES string of the molecule is CC1CN(C(=O)OCc2ccc([N+](=O)[O-])cc2)C[C@@H]1OS(C)(=O)=O.O=C(NCc1ccc(O)c(-c2ccccc2)c1)OCc1ccc([N+](=O)[O-])cc1. The van der Waals surface area contributed by atoms with Gasteiger partial charge in [0.25, 0.3) is 21.5 Å². The fraction of sp³-hybridized carbons (Fsp3) is 0.257. The van der Waals surface area contributed by atoms with Crippen molar-refractivity contribution >= 4 is 33.7 Å². The van der Waals surface area contributed by atoms with Crippen LogP contribution in [0.25, 0.3) is 11.1 Å². The molecule has 1 fully saturated rings. The molecule has 2 N–H and O–H groups in total. The smallest absolute Gasteiger partial charge is 0.410 e. The van der Waals surface area contributed by atoms with Gasteiger partial charge in [-0.2, -0.15) is 8.42 Å². The number of aromatic hydroxyl groups is 1. The van der Waals surface area contributed by atoms with Crippen molar-refractivity contribution in [1.82, 2.24) is 10.2 Å². The fourth-order valence-electron chi connectivity index (χ4n) is 5.02. The maximum absolute atomic E-state index is 12.0. The number of phenols is 1. The zero-order valence-electron chi connectivity index (χ0n) is 28.1. The minimum absolute atomic E-state index is 0.00860. The van der Waals surface area contributed by atoms with Gasteiger partial charge in [-0.05, 0) is 58.7 Å². The van der Waals surface area contributed by atoms with E-state index in [-0.39, 0.29) is 49.3 Å². The van der Waals surface area contributed by atoms with Crippen molar-refractivity contribution in [2.24, 2.45) is 5.92 Å². The van der Waals surface area contributed by atoms with Crippen LogP contribution in [0, 0.1) is 26.1 Å². The third-order valence-corrected chi connectivity index (χ3v) is 8.31. The molecule has 52 heavy (non-hydrogen) atoms. The number of carbonyl (C=O) groups is 2. The number of hydrogen-bond acceptors (Lipinski definition) is 12. The van der Waals surface area contributed by atoms with Crippen LogP contribution in [0.1, 0.15) is 23.6 Å². The van der Waals surface area contributed by atoms with Crippen LogP contribution in [-0.4, -0.2) is 65.9 Å². The summed E-state index contributed by atoms with van der Waals surface area (Å²) in [6, 6.07) is 26.0. The van der Waals surface area contributed by atoms with Crippen molar-refractivity contribution < 1.29 is 46.6 Å². The molecule has 2 amide bonds. The lowest BCUT2D eigenvalue weighted by Gasteiger charge is -2.16. The number of ether oxygens (including phenoxy) is 2. The number of non-ortho nitro benzene ring substituents is 2. The second-order valence-corrected chi connectivity index (χ2v) is 13.4. The Labute approximate surface area is 299 Å². The van der Waals surface area contributed by atoms with Gasteiger partial charge in [0.2, 0.25) is 0 Å². The van der Waals surface area contributed by atoms with E-state index in [0.717, 1.165) is 17.4 Å². The Morgan fingerprint density at radius 3 is 1.90 bits per heavy atom. The van der Waals surface area contributed by atoms with Crippen LogP contribution in [-0.2, 0) is 43.5 Å². The van der Waals surface area contributed by atoms with E-state index in [1.54, 1.807) is 25.1 Å². The molecule has 4 aromatic carbocycles. The molecule has 0 aromatic heterocycles. The zero-order valence-corrected chi connectivity index (χ0v) is 28.9. The van der Waals surface area contributed by atoms with Gasteiger partial charge in [0.05, 0.1) is 28.8 Å². The number of likely N-dealkylation sites (tertiary alicyclic amines) is 1. The molecule has 274 valence electrons. The van der Waals surface area contributed by atoms with Crippen LogP contribution in [0.2, 0.25) is 0 Å². The number of alkyl carbamates (subject to hydrolysis) is 1. The Morgan fingerprint density at radius 1 is 0.827 bits per heavy atom. The Balaban J connectivity index is 0.000000236. The summed E-state index contributed by atoms with van der Waals surface area (Å²) < 4.78 is 37.6. The van der Waals surface area contributed by atoms with E-state index in [0.29, 0.717) is 23.2 Å². The minimum atomic E-state index is -3.59. The Morgan fingerprint density at radius 2 is 1.37 bits per heavy atom. The van der Waals surface area contributed by atoms with Crippen LogP contribution >= 0.6 is 0 Å². The molecule has 16 nitrogen and oxygen atoms in total. The maximum atomic E-state index is 12.0. The van der Waals surface area contributed by atoms with Gasteiger partial charge in [-0.15, -0.1) is 0 Å². The predicted molar refractivity (Wildman–Crippen MR) is 187 cm³/mol. The summed E-state index contributed by atoms with van der Waals surface area (Å²) in [7, 11) is -3.59. The molecule has 0 bridgehead atoms. The number of nitro benzene ring substituents is 2. The number of nitro groups is 2. The van der Waals surface area contributed by atoms with Crippen molar-refractivity contribution in [2.75, 3.05) is 19.3 Å². The number of benzene rings is 4. The Hall–Kier alpha value is -6.07. The first-order valence-electron chi connectivity index (χ1n) is 15.7. The summed E-state index contributed by atoms with van der Waals surface area (Å²) in [4.78, 5) is 45.5. The quantitative estimate of drug-likeness (QED) is 0.104. The van der Waals surface area contributed by atoms with Gasteiger partial charge in [-0.1, -0.05) is 43.3 Å². The van der Waals surface area contributed by atoms with Gasteiger partial charge in [-0.3, -0.25) is 24.4 Å². The number of nitrogens with zero attached hydrogens (tertiary/aromatic N) is 3. The molecule has 1 heterocycles. The molecule has 17 heteroatoms. The largest absolute Gasteiger partial charge is 0.507 e. The normalized spacial score (nSPS) is 15.2. The highest BCUT2D eigenvalue weighted by Gasteiger charge is 2.36. The molecule has 4 aromatic rings. The van der Waals surface area contributed by atoms with Crippen LogP contribution in [0.15, 0.2) is 97.1 Å². The van der Waals surface area contributed by atoms with Crippen LogP contribution in [0.4, 0.5) is 21.0 Å². The van der Waals surface area contributed by atoms with E-state index in [1.165, 1.54) is 53.4 Å². The van der Waals surface area contributed by atoms with Crippen molar-refractivity contribution in [3.63, 3.8) is 0 Å². The van der Waals surface area contributed by atoms with E-state index < -0.39 is 38.3 Å². The lowest BCUT2D eigenvalue weighted by atomic mass is 10.0. The van der Waals surface area contributed by atoms with E-state index in [4.69, 9.17) is 13.7 Å². The summed E-state index contributed by atoms with van der Waals surface area (Å²) in [6.45, 7) is 2.47. The molecular formula is C35H36N4O12S. The van der Waals surface area contributed by atoms with Crippen LogP contribution < -0.4 is 5.32 Å². The third-order valence-electron chi connectivity index (χ3n) is 7.71. The lowest BCUT2D eigenvalue weighted by molar-refractivity contribution is -0.385. The Kier molecular flexibility index (Phi) is 13.2. The van der Waals surface area contributed by atoms with E-state index >= 15 is 0 Å². The molecule has 5 rings (SSSR count). The number of phenolic OH excluding ortho intramolecular Hbond substituents is 1. The molecule has 1 aliphatic heterocycles. The molecular weight excluding hydrogens is 700 g/mol. The van der Waals surface area contributed by atoms with Crippen molar-refractivity contribution in [3.8, 4) is 16.9 Å². The number of amides is 2. The molecule has 0 spiro atoms. The van der Waals surface area contributed by atoms with Crippen molar-refractivity contribution in [2.45, 2.75) is 32.8 Å². The van der Waals surface area contributed by atoms with Gasteiger partial charge in [0.15, 0.2) is 0 Å². The average Bonchev–Trinajstić information content (AvgIpc) is 3.48. The van der Waals surface area contributed by atoms with Crippen molar-refractivity contribution in [3.05, 3.63) is 134 Å². The molecule has 1 aliphatic rings. The summed E-state index contributed by atoms with van der Waals surface area (Å²) in [5, 5.41) is 33.9. The Bertz CT molecular complexity index is 1980. The second-order valence-electron chi connectivity index (χ2n) is 11.8. The summed E-state index contributed by atoms with van der Waals surface area (Å²) in [6.07, 6.45) is -0.811. The summed E-state index contributed by atoms with van der Waals surface area (Å²) in [5.74, 6) is 0.0300. The van der Waals surface area contributed by atoms with Gasteiger partial charge in [0, 0.05) is 48.8 Å². The van der Waals surface area contributed by atoms with Crippen LogP contribution in [0.5, 0.6) is 5.75 Å². The molecule has 1 saturated heterocycles. The van der Waals surface area contributed by atoms with E-state index in [9.17, 15) is 43.3 Å². The predicted octanol–water partition coefficient (Wildman–Crippen LogP) is 5.92. The first-order chi connectivity index (χ1) is 24.7. The number of hydrogen-bond donors (Lipinski definition) is 2. The highest BCUT2D eigenvalue weighted by Crippen LogP contribution is 2.30. The molecule has 0 aliphatic carbocycles. The average molecular weight is 737 g/mol. The standard InChI is InChI=1S/C21H18N2O5.C14H18N2O7S/c24-20-11-8-16(12-19(20)17-4-2-1-3-5-17)13-22-21(25)28-14-15-6-9-18(10-7-15)23(26)27;1-10-7-15(8-13(10)23-24(2,20)21)14(17)22-9-11-3-5-12(6-4-11)16(18)19/h1-12,24H,13-14H2,(H,22,25);3-6,10,13H,7-9H2,1-2H3/t;10?,13-/m.0/s1. The highest BCUT2D eigenvalue weighted by molar-refractivity contribution is 7.86. The van der Waals surface area contributed by atoms with Gasteiger partial charge in [-0.25, -0.2) is 9.59 Å². The molecule has 1 unspecified atom stereocenters. The van der Waals surface area contributed by atoms with Crippen LogP contribution in [0.3, 0.4) is 0 Å². The third kappa shape index (κ3) is 11.8. The second kappa shape index (κ2) is 17.7. The highest BCUT2D eigenvalue weighted by atomic mass is 32.2. The molecule has 0 saturated carbocycles. The minimum Gasteiger partial charge on any atom is -0.507 e. The summed E-state index contributed by atoms with van der Waals surface area (Å²) >= 11 is 0. The number of rotatable bonds is 11. The van der Waals surface area contributed by atoms with E-state index in [2.05, 4.69) is 5.32 Å². The molecule has 2 atom stereocenters. The van der Waals surface area contributed by atoms with Gasteiger partial charge >= 0.3 is 12.2 Å².